The monoisotopic (exact) mass is 417 g/mol. The lowest BCUT2D eigenvalue weighted by Crippen LogP contribution is -2.41. The van der Waals surface area contributed by atoms with Gasteiger partial charge in [-0.15, -0.1) is 0 Å². The average Bonchev–Trinajstić information content (AvgIpc) is 3.40. The molecule has 3 N–H and O–H groups in total. The minimum atomic E-state index is -0.110. The summed E-state index contributed by atoms with van der Waals surface area (Å²) in [4.78, 5) is 16.5. The minimum Gasteiger partial charge on any atom is -0.361 e. The number of urea groups is 1. The fourth-order valence-corrected chi connectivity index (χ4v) is 5.21. The molecule has 1 saturated carbocycles. The summed E-state index contributed by atoms with van der Waals surface area (Å²) in [5.41, 5.74) is 5.85. The molecular formula is C27H35N3O. The molecule has 0 atom stereocenters. The second kappa shape index (κ2) is 8.78. The number of aromatic nitrogens is 1. The molecule has 4 heteroatoms. The van der Waals surface area contributed by atoms with Gasteiger partial charge in [-0.3, -0.25) is 0 Å². The third kappa shape index (κ3) is 4.21. The lowest BCUT2D eigenvalue weighted by atomic mass is 9.78. The number of aromatic amines is 1. The van der Waals surface area contributed by atoms with Gasteiger partial charge >= 0.3 is 6.03 Å². The van der Waals surface area contributed by atoms with Gasteiger partial charge < -0.3 is 15.6 Å². The molecule has 3 aromatic rings. The van der Waals surface area contributed by atoms with Crippen molar-refractivity contribution in [3.8, 4) is 0 Å². The molecule has 1 aliphatic carbocycles. The highest BCUT2D eigenvalue weighted by Gasteiger charge is 2.37. The van der Waals surface area contributed by atoms with Crippen LogP contribution in [0.1, 0.15) is 81.9 Å². The molecule has 0 saturated heterocycles. The van der Waals surface area contributed by atoms with Gasteiger partial charge in [0.25, 0.3) is 0 Å². The number of benzene rings is 2. The number of carbonyl (C=O) groups excluding carboxylic acids is 1. The average molecular weight is 418 g/mol. The van der Waals surface area contributed by atoms with Crippen molar-refractivity contribution in [3.63, 3.8) is 0 Å². The predicted octanol–water partition coefficient (Wildman–Crippen LogP) is 7.05. The molecule has 1 fully saturated rings. The molecule has 4 nitrogen and oxygen atoms in total. The molecule has 0 bridgehead atoms. The highest BCUT2D eigenvalue weighted by atomic mass is 16.2. The molecule has 0 aliphatic heterocycles. The summed E-state index contributed by atoms with van der Waals surface area (Å²) in [5.74, 6) is 0.697. The molecule has 1 aliphatic rings. The van der Waals surface area contributed by atoms with Crippen molar-refractivity contribution in [2.45, 2.75) is 70.6 Å². The smallest absolute Gasteiger partial charge is 0.319 e. The standard InChI is InChI=1S/C27H35N3O/c1-18(2)20-11-9-12-21(19(3)4)25(20)30-26(31)29-17-27(14-7-8-15-27)23-16-28-24-13-6-5-10-22(23)24/h5-6,9-13,16,18-19,28H,7-8,14-15,17H2,1-4H3,(H2,29,30,31). The van der Waals surface area contributed by atoms with E-state index in [4.69, 9.17) is 0 Å². The molecule has 2 aromatic carbocycles. The van der Waals surface area contributed by atoms with Crippen LogP contribution in [-0.4, -0.2) is 17.6 Å². The summed E-state index contributed by atoms with van der Waals surface area (Å²) < 4.78 is 0. The van der Waals surface area contributed by atoms with E-state index < -0.39 is 0 Å². The van der Waals surface area contributed by atoms with E-state index in [1.807, 2.05) is 0 Å². The maximum absolute atomic E-state index is 13.1. The number of hydrogen-bond acceptors (Lipinski definition) is 1. The molecule has 4 rings (SSSR count). The van der Waals surface area contributed by atoms with Gasteiger partial charge in [-0.1, -0.05) is 76.9 Å². The van der Waals surface area contributed by atoms with Crippen molar-refractivity contribution in [1.29, 1.82) is 0 Å². The van der Waals surface area contributed by atoms with Crippen molar-refractivity contribution in [2.75, 3.05) is 11.9 Å². The van der Waals surface area contributed by atoms with E-state index in [9.17, 15) is 4.79 Å². The van der Waals surface area contributed by atoms with Gasteiger partial charge in [-0.05, 0) is 47.4 Å². The Morgan fingerprint density at radius 3 is 2.26 bits per heavy atom. The Kier molecular flexibility index (Phi) is 6.08. The van der Waals surface area contributed by atoms with Crippen molar-refractivity contribution in [3.05, 3.63) is 65.4 Å². The quantitative estimate of drug-likeness (QED) is 0.395. The summed E-state index contributed by atoms with van der Waals surface area (Å²) in [7, 11) is 0. The van der Waals surface area contributed by atoms with Crippen molar-refractivity contribution in [1.82, 2.24) is 10.3 Å². The van der Waals surface area contributed by atoms with Gasteiger partial charge in [0.15, 0.2) is 0 Å². The van der Waals surface area contributed by atoms with Crippen LogP contribution >= 0.6 is 0 Å². The third-order valence-corrected chi connectivity index (χ3v) is 6.92. The summed E-state index contributed by atoms with van der Waals surface area (Å²) in [6.07, 6.45) is 6.78. The van der Waals surface area contributed by atoms with Gasteiger partial charge in [-0.25, -0.2) is 4.79 Å². The highest BCUT2D eigenvalue weighted by molar-refractivity contribution is 5.91. The zero-order valence-corrected chi connectivity index (χ0v) is 19.2. The first-order valence-electron chi connectivity index (χ1n) is 11.7. The fourth-order valence-electron chi connectivity index (χ4n) is 5.21. The van der Waals surface area contributed by atoms with Gasteiger partial charge in [0.1, 0.15) is 0 Å². The maximum atomic E-state index is 13.1. The Morgan fingerprint density at radius 1 is 0.968 bits per heavy atom. The van der Waals surface area contributed by atoms with Crippen LogP contribution in [0.4, 0.5) is 10.5 Å². The van der Waals surface area contributed by atoms with Crippen LogP contribution in [0.3, 0.4) is 0 Å². The Morgan fingerprint density at radius 2 is 1.61 bits per heavy atom. The van der Waals surface area contributed by atoms with E-state index in [1.54, 1.807) is 0 Å². The van der Waals surface area contributed by atoms with Gasteiger partial charge in [0, 0.05) is 34.7 Å². The van der Waals surface area contributed by atoms with E-state index in [2.05, 4.69) is 92.0 Å². The number of nitrogens with one attached hydrogen (secondary N) is 3. The van der Waals surface area contributed by atoms with Crippen LogP contribution in [-0.2, 0) is 5.41 Å². The topological polar surface area (TPSA) is 56.9 Å². The van der Waals surface area contributed by atoms with Gasteiger partial charge in [0.05, 0.1) is 0 Å². The Labute approximate surface area is 185 Å². The first kappa shape index (κ1) is 21.5. The minimum absolute atomic E-state index is 0.00458. The van der Waals surface area contributed by atoms with Crippen LogP contribution in [0.25, 0.3) is 10.9 Å². The zero-order valence-electron chi connectivity index (χ0n) is 19.2. The van der Waals surface area contributed by atoms with Crippen LogP contribution in [0, 0.1) is 0 Å². The number of amides is 2. The van der Waals surface area contributed by atoms with Crippen molar-refractivity contribution >= 4 is 22.6 Å². The summed E-state index contributed by atoms with van der Waals surface area (Å²) in [5, 5.41) is 7.72. The van der Waals surface area contributed by atoms with E-state index in [1.165, 1.54) is 40.4 Å². The summed E-state index contributed by atoms with van der Waals surface area (Å²) >= 11 is 0. The lowest BCUT2D eigenvalue weighted by Gasteiger charge is -2.30. The number of rotatable bonds is 6. The molecular weight excluding hydrogens is 382 g/mol. The molecule has 1 heterocycles. The summed E-state index contributed by atoms with van der Waals surface area (Å²) in [6.45, 7) is 9.35. The summed E-state index contributed by atoms with van der Waals surface area (Å²) in [6, 6.07) is 14.7. The Hall–Kier alpha value is -2.75. The number of fused-ring (bicyclic) bond motifs is 1. The fraction of sp³-hybridized carbons (Fsp3) is 0.444. The number of H-pyrrole nitrogens is 1. The number of hydrogen-bond donors (Lipinski definition) is 3. The molecule has 0 unspecified atom stereocenters. The first-order valence-corrected chi connectivity index (χ1v) is 11.7. The zero-order chi connectivity index (χ0) is 22.0. The van der Waals surface area contributed by atoms with Gasteiger partial charge in [0.2, 0.25) is 0 Å². The van der Waals surface area contributed by atoms with Gasteiger partial charge in [-0.2, -0.15) is 0 Å². The van der Waals surface area contributed by atoms with Crippen LogP contribution in [0.5, 0.6) is 0 Å². The van der Waals surface area contributed by atoms with E-state index in [-0.39, 0.29) is 11.4 Å². The molecule has 31 heavy (non-hydrogen) atoms. The molecule has 0 radical (unpaired) electrons. The lowest BCUT2D eigenvalue weighted by molar-refractivity contribution is 0.248. The number of para-hydroxylation sites is 2. The molecule has 2 amide bonds. The maximum Gasteiger partial charge on any atom is 0.319 e. The van der Waals surface area contributed by atoms with Crippen molar-refractivity contribution < 1.29 is 4.79 Å². The molecule has 164 valence electrons. The highest BCUT2D eigenvalue weighted by Crippen LogP contribution is 2.43. The number of carbonyl (C=O) groups is 1. The second-order valence-corrected chi connectivity index (χ2v) is 9.66. The Bertz CT molecular complexity index is 1030. The van der Waals surface area contributed by atoms with E-state index in [0.717, 1.165) is 18.5 Å². The van der Waals surface area contributed by atoms with Crippen LogP contribution in [0.15, 0.2) is 48.7 Å². The second-order valence-electron chi connectivity index (χ2n) is 9.66. The third-order valence-electron chi connectivity index (χ3n) is 6.92. The van der Waals surface area contributed by atoms with Crippen LogP contribution < -0.4 is 10.6 Å². The number of anilines is 1. The molecule has 0 spiro atoms. The SMILES string of the molecule is CC(C)c1cccc(C(C)C)c1NC(=O)NCC1(c2c[nH]c3ccccc23)CCCC1. The van der Waals surface area contributed by atoms with E-state index >= 15 is 0 Å². The predicted molar refractivity (Wildman–Crippen MR) is 130 cm³/mol. The Balaban J connectivity index is 1.56. The molecule has 1 aromatic heterocycles. The first-order chi connectivity index (χ1) is 14.9. The normalized spacial score (nSPS) is 15.7. The largest absolute Gasteiger partial charge is 0.361 e. The van der Waals surface area contributed by atoms with Crippen LogP contribution in [0.2, 0.25) is 0 Å². The van der Waals surface area contributed by atoms with Crippen molar-refractivity contribution in [2.24, 2.45) is 0 Å². The van der Waals surface area contributed by atoms with E-state index in [0.29, 0.717) is 18.4 Å².